The highest BCUT2D eigenvalue weighted by Crippen LogP contribution is 2.24. The Morgan fingerprint density at radius 3 is 2.50 bits per heavy atom. The van der Waals surface area contributed by atoms with Crippen LogP contribution in [0.3, 0.4) is 0 Å². The second-order valence-corrected chi connectivity index (χ2v) is 4.30. The largest absolute Gasteiger partial charge is 0.494 e. The van der Waals surface area contributed by atoms with Gasteiger partial charge in [-0.25, -0.2) is 4.39 Å². The minimum Gasteiger partial charge on any atom is -0.494 e. The van der Waals surface area contributed by atoms with Crippen LogP contribution in [0.4, 0.5) is 4.39 Å². The Morgan fingerprint density at radius 2 is 1.78 bits per heavy atom. The fraction of sp³-hybridized carbons (Fsp3) is 0.200. The van der Waals surface area contributed by atoms with Gasteiger partial charge in [0, 0.05) is 5.88 Å². The van der Waals surface area contributed by atoms with Gasteiger partial charge in [0.2, 0.25) is 0 Å². The van der Waals surface area contributed by atoms with Gasteiger partial charge in [0.1, 0.15) is 11.6 Å². The molecular formula is C15H14ClFO. The number of ether oxygens (including phenoxy) is 1. The molecule has 0 amide bonds. The summed E-state index contributed by atoms with van der Waals surface area (Å²) >= 11 is 5.59. The van der Waals surface area contributed by atoms with Crippen LogP contribution in [0.25, 0.3) is 11.1 Å². The number of halogens is 2. The fourth-order valence-electron chi connectivity index (χ4n) is 1.65. The second-order valence-electron chi connectivity index (χ2n) is 3.93. The average molecular weight is 265 g/mol. The van der Waals surface area contributed by atoms with Crippen LogP contribution in [-0.4, -0.2) is 12.5 Å². The van der Waals surface area contributed by atoms with Crippen molar-refractivity contribution < 1.29 is 9.13 Å². The summed E-state index contributed by atoms with van der Waals surface area (Å²) in [5.41, 5.74) is 1.98. The Balaban J connectivity index is 2.13. The first-order valence-corrected chi connectivity index (χ1v) is 6.38. The predicted octanol–water partition coefficient (Wildman–Crippen LogP) is 4.50. The summed E-state index contributed by atoms with van der Waals surface area (Å²) in [5.74, 6) is 1.17. The molecule has 0 saturated heterocycles. The lowest BCUT2D eigenvalue weighted by atomic mass is 10.1. The lowest BCUT2D eigenvalue weighted by molar-refractivity contribution is 0.318. The van der Waals surface area contributed by atoms with E-state index < -0.39 is 0 Å². The van der Waals surface area contributed by atoms with Crippen molar-refractivity contribution in [2.75, 3.05) is 12.5 Å². The zero-order valence-electron chi connectivity index (χ0n) is 9.90. The molecule has 0 atom stereocenters. The quantitative estimate of drug-likeness (QED) is 0.571. The summed E-state index contributed by atoms with van der Waals surface area (Å²) < 4.78 is 18.4. The number of rotatable bonds is 5. The first-order chi connectivity index (χ1) is 8.79. The maximum Gasteiger partial charge on any atom is 0.123 e. The molecule has 94 valence electrons. The third-order valence-corrected chi connectivity index (χ3v) is 2.83. The second kappa shape index (κ2) is 6.41. The lowest BCUT2D eigenvalue weighted by Gasteiger charge is -2.07. The Labute approximate surface area is 111 Å². The molecule has 0 bridgehead atoms. The summed E-state index contributed by atoms with van der Waals surface area (Å²) in [6.07, 6.45) is 0.822. The van der Waals surface area contributed by atoms with E-state index >= 15 is 0 Å². The number of hydrogen-bond donors (Lipinski definition) is 0. The zero-order chi connectivity index (χ0) is 12.8. The normalized spacial score (nSPS) is 10.3. The monoisotopic (exact) mass is 264 g/mol. The maximum absolute atomic E-state index is 12.9. The van der Waals surface area contributed by atoms with Crippen LogP contribution in [0.5, 0.6) is 5.75 Å². The Morgan fingerprint density at radius 1 is 1.00 bits per heavy atom. The van der Waals surface area contributed by atoms with E-state index in [2.05, 4.69) is 0 Å². The fourth-order valence-corrected chi connectivity index (χ4v) is 1.76. The van der Waals surface area contributed by atoms with Gasteiger partial charge < -0.3 is 4.74 Å². The molecule has 0 heterocycles. The molecule has 0 N–H and O–H groups in total. The number of hydrogen-bond acceptors (Lipinski definition) is 1. The minimum absolute atomic E-state index is 0.228. The maximum atomic E-state index is 12.9. The van der Waals surface area contributed by atoms with E-state index in [4.69, 9.17) is 16.3 Å². The third-order valence-electron chi connectivity index (χ3n) is 2.56. The molecular weight excluding hydrogens is 251 g/mol. The van der Waals surface area contributed by atoms with E-state index in [0.29, 0.717) is 12.5 Å². The molecule has 0 aliphatic heterocycles. The van der Waals surface area contributed by atoms with Gasteiger partial charge in [0.25, 0.3) is 0 Å². The zero-order valence-corrected chi connectivity index (χ0v) is 10.7. The molecule has 2 aromatic rings. The molecule has 1 nitrogen and oxygen atoms in total. The van der Waals surface area contributed by atoms with Crippen molar-refractivity contribution in [3.8, 4) is 16.9 Å². The number of alkyl halides is 1. The SMILES string of the molecule is Fc1ccc(-c2cccc(OCCCCl)c2)cc1. The van der Waals surface area contributed by atoms with Crippen LogP contribution >= 0.6 is 11.6 Å². The smallest absolute Gasteiger partial charge is 0.123 e. The summed E-state index contributed by atoms with van der Waals surface area (Å²) in [6.45, 7) is 0.608. The summed E-state index contributed by atoms with van der Waals surface area (Å²) in [4.78, 5) is 0. The lowest BCUT2D eigenvalue weighted by Crippen LogP contribution is -1.97. The predicted molar refractivity (Wildman–Crippen MR) is 72.7 cm³/mol. The summed E-state index contributed by atoms with van der Waals surface area (Å²) in [6, 6.07) is 14.2. The van der Waals surface area contributed by atoms with Gasteiger partial charge in [-0.05, 0) is 41.8 Å². The highest BCUT2D eigenvalue weighted by Gasteiger charge is 2.00. The van der Waals surface area contributed by atoms with Crippen molar-refractivity contribution >= 4 is 11.6 Å². The van der Waals surface area contributed by atoms with Crippen molar-refractivity contribution in [2.24, 2.45) is 0 Å². The van der Waals surface area contributed by atoms with Gasteiger partial charge in [-0.3, -0.25) is 0 Å². The molecule has 0 aromatic heterocycles. The Hall–Kier alpha value is -1.54. The van der Waals surface area contributed by atoms with Crippen molar-refractivity contribution in [3.63, 3.8) is 0 Å². The molecule has 2 rings (SSSR count). The van der Waals surface area contributed by atoms with Crippen LogP contribution in [0.2, 0.25) is 0 Å². The molecule has 0 radical (unpaired) electrons. The first-order valence-electron chi connectivity index (χ1n) is 5.84. The summed E-state index contributed by atoms with van der Waals surface area (Å²) in [7, 11) is 0. The van der Waals surface area contributed by atoms with Gasteiger partial charge in [0.15, 0.2) is 0 Å². The highest BCUT2D eigenvalue weighted by molar-refractivity contribution is 6.17. The number of benzene rings is 2. The molecule has 18 heavy (non-hydrogen) atoms. The highest BCUT2D eigenvalue weighted by atomic mass is 35.5. The Kier molecular flexibility index (Phi) is 4.59. The van der Waals surface area contributed by atoms with Crippen LogP contribution < -0.4 is 4.74 Å². The molecule has 0 unspecified atom stereocenters. The van der Waals surface area contributed by atoms with Crippen LogP contribution in [0, 0.1) is 5.82 Å². The van der Waals surface area contributed by atoms with Gasteiger partial charge in [-0.2, -0.15) is 0 Å². The van der Waals surface area contributed by atoms with Crippen molar-refractivity contribution in [1.82, 2.24) is 0 Å². The van der Waals surface area contributed by atoms with Crippen molar-refractivity contribution in [3.05, 3.63) is 54.3 Å². The van der Waals surface area contributed by atoms with Crippen LogP contribution in [0.1, 0.15) is 6.42 Å². The molecule has 0 spiro atoms. The molecule has 0 saturated carbocycles. The average Bonchev–Trinajstić information content (AvgIpc) is 2.40. The summed E-state index contributed by atoms with van der Waals surface area (Å²) in [5, 5.41) is 0. The van der Waals surface area contributed by atoms with E-state index in [1.165, 1.54) is 12.1 Å². The minimum atomic E-state index is -0.228. The third kappa shape index (κ3) is 3.47. The van der Waals surface area contributed by atoms with E-state index in [1.54, 1.807) is 12.1 Å². The van der Waals surface area contributed by atoms with Crippen molar-refractivity contribution in [1.29, 1.82) is 0 Å². The van der Waals surface area contributed by atoms with Crippen molar-refractivity contribution in [2.45, 2.75) is 6.42 Å². The van der Waals surface area contributed by atoms with Gasteiger partial charge >= 0.3 is 0 Å². The topological polar surface area (TPSA) is 9.23 Å². The standard InChI is InChI=1S/C15H14ClFO/c16-9-2-10-18-15-4-1-3-13(11-15)12-5-7-14(17)8-6-12/h1,3-8,11H,2,9-10H2. The van der Waals surface area contributed by atoms with Gasteiger partial charge in [-0.15, -0.1) is 11.6 Å². The molecule has 0 fully saturated rings. The molecule has 2 aromatic carbocycles. The van der Waals surface area contributed by atoms with E-state index in [9.17, 15) is 4.39 Å². The van der Waals surface area contributed by atoms with Crippen LogP contribution in [0.15, 0.2) is 48.5 Å². The van der Waals surface area contributed by atoms with E-state index in [1.807, 2.05) is 24.3 Å². The van der Waals surface area contributed by atoms with Crippen LogP contribution in [-0.2, 0) is 0 Å². The van der Waals surface area contributed by atoms with Gasteiger partial charge in [-0.1, -0.05) is 24.3 Å². The van der Waals surface area contributed by atoms with Gasteiger partial charge in [0.05, 0.1) is 6.61 Å². The molecule has 3 heteroatoms. The first kappa shape index (κ1) is 12.9. The van der Waals surface area contributed by atoms with E-state index in [-0.39, 0.29) is 5.82 Å². The molecule has 0 aliphatic carbocycles. The van der Waals surface area contributed by atoms with E-state index in [0.717, 1.165) is 23.3 Å². The molecule has 0 aliphatic rings. The Bertz CT molecular complexity index is 496.